The van der Waals surface area contributed by atoms with Crippen molar-refractivity contribution in [1.82, 2.24) is 0 Å². The van der Waals surface area contributed by atoms with E-state index in [1.807, 2.05) is 0 Å². The van der Waals surface area contributed by atoms with E-state index in [-0.39, 0.29) is 12.2 Å². The van der Waals surface area contributed by atoms with E-state index in [0.29, 0.717) is 12.8 Å². The highest BCUT2D eigenvalue weighted by atomic mass is 32.2. The number of hydrogen-bond acceptors (Lipinski definition) is 4. The Labute approximate surface area is 66.6 Å². The van der Waals surface area contributed by atoms with Crippen LogP contribution >= 0.6 is 0 Å². The molecule has 1 fully saturated rings. The zero-order valence-electron chi connectivity index (χ0n) is 6.61. The van der Waals surface area contributed by atoms with Crippen LogP contribution in [0.2, 0.25) is 0 Å². The molecule has 0 saturated heterocycles. The van der Waals surface area contributed by atoms with Gasteiger partial charge >= 0.3 is 0 Å². The van der Waals surface area contributed by atoms with Gasteiger partial charge < -0.3 is 4.74 Å². The normalized spacial score (nSPS) is 31.5. The standard InChI is InChI=1S/C6H12O4S/c1-9-5-3-6(4-5)10-11(2,7)8/h5-6H,3-4H2,1-2H3/t5-,6-. The van der Waals surface area contributed by atoms with Gasteiger partial charge in [-0.2, -0.15) is 8.42 Å². The summed E-state index contributed by atoms with van der Waals surface area (Å²) in [7, 11) is -1.66. The third-order valence-electron chi connectivity index (χ3n) is 1.70. The Kier molecular flexibility index (Phi) is 2.51. The molecule has 0 spiro atoms. The summed E-state index contributed by atoms with van der Waals surface area (Å²) in [4.78, 5) is 0. The second-order valence-corrected chi connectivity index (χ2v) is 4.35. The summed E-state index contributed by atoms with van der Waals surface area (Å²) in [5, 5.41) is 0. The summed E-state index contributed by atoms with van der Waals surface area (Å²) >= 11 is 0. The minimum absolute atomic E-state index is 0.157. The zero-order valence-corrected chi connectivity index (χ0v) is 7.43. The van der Waals surface area contributed by atoms with E-state index in [1.165, 1.54) is 0 Å². The predicted octanol–water partition coefficient (Wildman–Crippen LogP) is 0.140. The minimum Gasteiger partial charge on any atom is -0.381 e. The summed E-state index contributed by atoms with van der Waals surface area (Å²) in [5.74, 6) is 0. The number of hydrogen-bond donors (Lipinski definition) is 0. The van der Waals surface area contributed by atoms with Gasteiger partial charge in [0.05, 0.1) is 18.5 Å². The molecule has 0 aromatic rings. The maximum Gasteiger partial charge on any atom is 0.264 e. The average molecular weight is 180 g/mol. The van der Waals surface area contributed by atoms with Crippen LogP contribution in [0.25, 0.3) is 0 Å². The van der Waals surface area contributed by atoms with Crippen molar-refractivity contribution in [2.45, 2.75) is 25.0 Å². The molecule has 0 heterocycles. The average Bonchev–Trinajstić information content (AvgIpc) is 1.75. The van der Waals surface area contributed by atoms with Crippen LogP contribution in [0.5, 0.6) is 0 Å². The number of rotatable bonds is 3. The van der Waals surface area contributed by atoms with E-state index in [1.54, 1.807) is 7.11 Å². The molecule has 0 unspecified atom stereocenters. The van der Waals surface area contributed by atoms with Crippen molar-refractivity contribution in [2.75, 3.05) is 13.4 Å². The summed E-state index contributed by atoms with van der Waals surface area (Å²) in [5.41, 5.74) is 0. The fourth-order valence-electron chi connectivity index (χ4n) is 1.04. The molecular weight excluding hydrogens is 168 g/mol. The molecule has 0 aliphatic heterocycles. The van der Waals surface area contributed by atoms with E-state index in [4.69, 9.17) is 8.92 Å². The molecule has 0 aromatic carbocycles. The molecule has 1 rings (SSSR count). The van der Waals surface area contributed by atoms with Gasteiger partial charge in [0.1, 0.15) is 0 Å². The Hall–Kier alpha value is -0.130. The van der Waals surface area contributed by atoms with Crippen molar-refractivity contribution >= 4 is 10.1 Å². The summed E-state index contributed by atoms with van der Waals surface area (Å²) in [6, 6.07) is 0. The lowest BCUT2D eigenvalue weighted by atomic mass is 9.92. The molecule has 0 amide bonds. The van der Waals surface area contributed by atoms with Crippen LogP contribution < -0.4 is 0 Å². The lowest BCUT2D eigenvalue weighted by Gasteiger charge is -2.32. The van der Waals surface area contributed by atoms with Gasteiger partial charge in [0.2, 0.25) is 0 Å². The summed E-state index contributed by atoms with van der Waals surface area (Å²) in [6.45, 7) is 0. The summed E-state index contributed by atoms with van der Waals surface area (Å²) in [6.07, 6.45) is 2.46. The van der Waals surface area contributed by atoms with Gasteiger partial charge in [-0.05, 0) is 0 Å². The first-order valence-corrected chi connectivity index (χ1v) is 5.24. The minimum atomic E-state index is -3.27. The maximum absolute atomic E-state index is 10.6. The van der Waals surface area contributed by atoms with Crippen molar-refractivity contribution in [3.05, 3.63) is 0 Å². The predicted molar refractivity (Wildman–Crippen MR) is 39.7 cm³/mol. The highest BCUT2D eigenvalue weighted by Gasteiger charge is 2.32. The lowest BCUT2D eigenvalue weighted by molar-refractivity contribution is -0.0351. The number of methoxy groups -OCH3 is 1. The van der Waals surface area contributed by atoms with E-state index in [0.717, 1.165) is 6.26 Å². The third kappa shape index (κ3) is 2.76. The van der Waals surface area contributed by atoms with Crippen LogP contribution in [0.1, 0.15) is 12.8 Å². The first kappa shape index (κ1) is 8.96. The van der Waals surface area contributed by atoms with Crippen LogP contribution in [0.15, 0.2) is 0 Å². The van der Waals surface area contributed by atoms with Crippen molar-refractivity contribution in [1.29, 1.82) is 0 Å². The molecule has 1 aliphatic rings. The Balaban J connectivity index is 2.24. The Bertz CT molecular complexity index is 215. The smallest absolute Gasteiger partial charge is 0.264 e. The van der Waals surface area contributed by atoms with Gasteiger partial charge in [-0.15, -0.1) is 0 Å². The molecule has 1 aliphatic carbocycles. The van der Waals surface area contributed by atoms with Gasteiger partial charge in [-0.1, -0.05) is 0 Å². The SMILES string of the molecule is CO[C@H]1C[C@H](OS(C)(=O)=O)C1. The zero-order chi connectivity index (χ0) is 8.48. The third-order valence-corrected chi connectivity index (χ3v) is 2.32. The first-order chi connectivity index (χ1) is 5.01. The quantitative estimate of drug-likeness (QED) is 0.580. The topological polar surface area (TPSA) is 52.6 Å². The largest absolute Gasteiger partial charge is 0.381 e. The van der Waals surface area contributed by atoms with Gasteiger partial charge in [-0.25, -0.2) is 0 Å². The molecule has 0 aromatic heterocycles. The van der Waals surface area contributed by atoms with Crippen molar-refractivity contribution in [3.63, 3.8) is 0 Å². The second-order valence-electron chi connectivity index (χ2n) is 2.75. The molecular formula is C6H12O4S. The Morgan fingerprint density at radius 1 is 1.27 bits per heavy atom. The lowest BCUT2D eigenvalue weighted by Crippen LogP contribution is -2.37. The molecule has 4 nitrogen and oxygen atoms in total. The summed E-state index contributed by atoms with van der Waals surface area (Å²) < 4.78 is 30.8. The molecule has 5 heteroatoms. The van der Waals surface area contributed by atoms with E-state index < -0.39 is 10.1 Å². The van der Waals surface area contributed by atoms with E-state index in [9.17, 15) is 8.42 Å². The van der Waals surface area contributed by atoms with Crippen molar-refractivity contribution < 1.29 is 17.3 Å². The van der Waals surface area contributed by atoms with E-state index >= 15 is 0 Å². The van der Waals surface area contributed by atoms with Crippen LogP contribution in [0.3, 0.4) is 0 Å². The van der Waals surface area contributed by atoms with Crippen LogP contribution in [0, 0.1) is 0 Å². The Morgan fingerprint density at radius 2 is 1.82 bits per heavy atom. The van der Waals surface area contributed by atoms with Crippen molar-refractivity contribution in [2.24, 2.45) is 0 Å². The molecule has 66 valence electrons. The maximum atomic E-state index is 10.6. The van der Waals surface area contributed by atoms with Gasteiger partial charge in [-0.3, -0.25) is 4.18 Å². The van der Waals surface area contributed by atoms with Gasteiger partial charge in [0.25, 0.3) is 10.1 Å². The fraction of sp³-hybridized carbons (Fsp3) is 1.00. The molecule has 0 atom stereocenters. The molecule has 1 saturated carbocycles. The van der Waals surface area contributed by atoms with Crippen molar-refractivity contribution in [3.8, 4) is 0 Å². The van der Waals surface area contributed by atoms with E-state index in [2.05, 4.69) is 0 Å². The second kappa shape index (κ2) is 3.08. The highest BCUT2D eigenvalue weighted by molar-refractivity contribution is 7.86. The van der Waals surface area contributed by atoms with Gasteiger partial charge in [0.15, 0.2) is 0 Å². The Morgan fingerprint density at radius 3 is 2.18 bits per heavy atom. The highest BCUT2D eigenvalue weighted by Crippen LogP contribution is 2.26. The fourth-order valence-corrected chi connectivity index (χ4v) is 1.69. The van der Waals surface area contributed by atoms with Crippen LogP contribution in [0.4, 0.5) is 0 Å². The molecule has 0 bridgehead atoms. The first-order valence-electron chi connectivity index (χ1n) is 3.42. The monoisotopic (exact) mass is 180 g/mol. The van der Waals surface area contributed by atoms with Gasteiger partial charge in [0, 0.05) is 20.0 Å². The van der Waals surface area contributed by atoms with Crippen LogP contribution in [-0.2, 0) is 19.0 Å². The molecule has 0 radical (unpaired) electrons. The molecule has 0 N–H and O–H groups in total. The molecule has 11 heavy (non-hydrogen) atoms. The van der Waals surface area contributed by atoms with Crippen LogP contribution in [-0.4, -0.2) is 34.0 Å². The number of ether oxygens (including phenoxy) is 1.